The van der Waals surface area contributed by atoms with Crippen LogP contribution < -0.4 is 0 Å². The summed E-state index contributed by atoms with van der Waals surface area (Å²) in [6.07, 6.45) is 3.92. The lowest BCUT2D eigenvalue weighted by Gasteiger charge is -2.17. The van der Waals surface area contributed by atoms with Crippen LogP contribution in [-0.4, -0.2) is 37.3 Å². The van der Waals surface area contributed by atoms with E-state index in [4.69, 9.17) is 14.2 Å². The van der Waals surface area contributed by atoms with Gasteiger partial charge in [-0.2, -0.15) is 0 Å². The molecule has 1 atom stereocenters. The molecule has 168 valence electrons. The van der Waals surface area contributed by atoms with Gasteiger partial charge in [0.15, 0.2) is 5.79 Å². The van der Waals surface area contributed by atoms with Crippen molar-refractivity contribution in [3.63, 3.8) is 0 Å². The summed E-state index contributed by atoms with van der Waals surface area (Å²) in [5, 5.41) is 0. The van der Waals surface area contributed by atoms with Crippen molar-refractivity contribution in [2.24, 2.45) is 0 Å². The van der Waals surface area contributed by atoms with Gasteiger partial charge < -0.3 is 14.2 Å². The summed E-state index contributed by atoms with van der Waals surface area (Å²) in [5.41, 5.74) is 5.47. The van der Waals surface area contributed by atoms with Crippen molar-refractivity contribution in [1.29, 1.82) is 0 Å². The molecule has 1 saturated heterocycles. The van der Waals surface area contributed by atoms with Crippen LogP contribution in [0.1, 0.15) is 43.9 Å². The third-order valence-electron chi connectivity index (χ3n) is 5.70. The van der Waals surface area contributed by atoms with Crippen molar-refractivity contribution in [2.45, 2.75) is 44.0 Å². The largest absolute Gasteiger partial charge is 0.463 e. The number of carbonyl (C=O) groups excluding carboxylic acids is 1. The number of allylic oxidation sites excluding steroid dienone is 2. The monoisotopic (exact) mass is 454 g/mol. The minimum absolute atomic E-state index is 0.0714. The zero-order valence-corrected chi connectivity index (χ0v) is 19.6. The number of esters is 1. The third kappa shape index (κ3) is 4.98. The smallest absolute Gasteiger partial charge is 0.310 e. The van der Waals surface area contributed by atoms with Gasteiger partial charge in [0.25, 0.3) is 0 Å². The van der Waals surface area contributed by atoms with E-state index in [9.17, 15) is 9.18 Å². The van der Waals surface area contributed by atoms with Gasteiger partial charge in [-0.05, 0) is 90.8 Å². The number of carbonyl (C=O) groups is 1. The molecule has 1 unspecified atom stereocenters. The summed E-state index contributed by atoms with van der Waals surface area (Å²) in [5.74, 6) is -1.36. The molecule has 1 aliphatic heterocycles. The molecular weight excluding hydrogens is 427 g/mol. The van der Waals surface area contributed by atoms with Gasteiger partial charge >= 0.3 is 5.97 Å². The first-order valence-electron chi connectivity index (χ1n) is 10.6. The van der Waals surface area contributed by atoms with Gasteiger partial charge in [0.2, 0.25) is 0 Å². The molecule has 32 heavy (non-hydrogen) atoms. The molecule has 2 aliphatic rings. The Kier molecular flexibility index (Phi) is 6.56. The molecule has 0 radical (unpaired) electrons. The molecule has 1 heterocycles. The van der Waals surface area contributed by atoms with Crippen LogP contribution in [0.15, 0.2) is 52.9 Å². The molecule has 0 amide bonds. The molecule has 6 heteroatoms. The van der Waals surface area contributed by atoms with Gasteiger partial charge in [0.05, 0.1) is 13.0 Å². The quantitative estimate of drug-likeness (QED) is 0.398. The number of rotatable bonds is 6. The number of thioether (sulfide) groups is 1. The first-order chi connectivity index (χ1) is 15.3. The molecule has 4 nitrogen and oxygen atoms in total. The number of benzene rings is 2. The summed E-state index contributed by atoms with van der Waals surface area (Å²) in [4.78, 5) is 13.8. The number of halogens is 1. The lowest BCUT2D eigenvalue weighted by Crippen LogP contribution is -2.25. The highest BCUT2D eigenvalue weighted by Gasteiger charge is 2.33. The van der Waals surface area contributed by atoms with Gasteiger partial charge in [0.1, 0.15) is 18.5 Å². The van der Waals surface area contributed by atoms with E-state index in [1.165, 1.54) is 17.0 Å². The van der Waals surface area contributed by atoms with Crippen molar-refractivity contribution in [3.05, 3.63) is 70.5 Å². The molecule has 0 saturated carbocycles. The fraction of sp³-hybridized carbons (Fsp3) is 0.346. The van der Waals surface area contributed by atoms with Crippen LogP contribution in [0.4, 0.5) is 4.39 Å². The Morgan fingerprint density at radius 2 is 1.97 bits per heavy atom. The SMILES string of the molecule is CSc1ccc(/C=C2/C(C)=C(CC(=O)OCC3COC(C)(C)O3)c3cc(F)ccc32)cc1. The topological polar surface area (TPSA) is 44.8 Å². The van der Waals surface area contributed by atoms with Crippen LogP contribution in [0.5, 0.6) is 0 Å². The average molecular weight is 455 g/mol. The second-order valence-electron chi connectivity index (χ2n) is 8.44. The summed E-state index contributed by atoms with van der Waals surface area (Å²) in [6.45, 7) is 6.15. The van der Waals surface area contributed by atoms with Crippen LogP contribution in [0.3, 0.4) is 0 Å². The highest BCUT2D eigenvalue weighted by atomic mass is 32.2. The van der Waals surface area contributed by atoms with E-state index in [1.54, 1.807) is 17.8 Å². The predicted molar refractivity (Wildman–Crippen MR) is 126 cm³/mol. The molecule has 1 aliphatic carbocycles. The average Bonchev–Trinajstić information content (AvgIpc) is 3.24. The summed E-state index contributed by atoms with van der Waals surface area (Å²) >= 11 is 1.69. The zero-order valence-electron chi connectivity index (χ0n) is 18.7. The van der Waals surface area contributed by atoms with Crippen molar-refractivity contribution in [1.82, 2.24) is 0 Å². The zero-order chi connectivity index (χ0) is 22.9. The van der Waals surface area contributed by atoms with Gasteiger partial charge in [0, 0.05) is 4.90 Å². The molecule has 2 aromatic carbocycles. The fourth-order valence-electron chi connectivity index (χ4n) is 4.07. The maximum absolute atomic E-state index is 14.1. The Balaban J connectivity index is 1.55. The maximum atomic E-state index is 14.1. The first kappa shape index (κ1) is 22.8. The van der Waals surface area contributed by atoms with Crippen molar-refractivity contribution in [3.8, 4) is 0 Å². The predicted octanol–water partition coefficient (Wildman–Crippen LogP) is 5.96. The summed E-state index contributed by atoms with van der Waals surface area (Å²) < 4.78 is 30.7. The van der Waals surface area contributed by atoms with Gasteiger partial charge in [-0.15, -0.1) is 11.8 Å². The number of hydrogen-bond acceptors (Lipinski definition) is 5. The molecule has 0 bridgehead atoms. The van der Waals surface area contributed by atoms with Crippen molar-refractivity contribution in [2.75, 3.05) is 19.5 Å². The number of fused-ring (bicyclic) bond motifs is 1. The lowest BCUT2D eigenvalue weighted by atomic mass is 10.0. The second kappa shape index (κ2) is 9.22. The fourth-order valence-corrected chi connectivity index (χ4v) is 4.48. The first-order valence-corrected chi connectivity index (χ1v) is 11.8. The Bertz CT molecular complexity index is 1090. The van der Waals surface area contributed by atoms with E-state index in [0.29, 0.717) is 6.61 Å². The van der Waals surface area contributed by atoms with Crippen LogP contribution in [0.25, 0.3) is 17.2 Å². The van der Waals surface area contributed by atoms with Crippen LogP contribution in [-0.2, 0) is 19.0 Å². The van der Waals surface area contributed by atoms with E-state index in [2.05, 4.69) is 30.3 Å². The van der Waals surface area contributed by atoms with Gasteiger partial charge in [-0.25, -0.2) is 4.39 Å². The lowest BCUT2D eigenvalue weighted by molar-refractivity contribution is -0.157. The Morgan fingerprint density at radius 3 is 2.62 bits per heavy atom. The minimum atomic E-state index is -0.661. The van der Waals surface area contributed by atoms with Crippen LogP contribution in [0.2, 0.25) is 0 Å². The Hall–Kier alpha value is -2.41. The highest BCUT2D eigenvalue weighted by Crippen LogP contribution is 2.44. The van der Waals surface area contributed by atoms with Crippen LogP contribution >= 0.6 is 11.8 Å². The van der Waals surface area contributed by atoms with E-state index >= 15 is 0 Å². The highest BCUT2D eigenvalue weighted by molar-refractivity contribution is 7.98. The molecule has 1 fully saturated rings. The summed E-state index contributed by atoms with van der Waals surface area (Å²) in [7, 11) is 0. The second-order valence-corrected chi connectivity index (χ2v) is 9.31. The minimum Gasteiger partial charge on any atom is -0.463 e. The molecule has 0 aromatic heterocycles. The van der Waals surface area contributed by atoms with Crippen molar-refractivity contribution < 1.29 is 23.4 Å². The van der Waals surface area contributed by atoms with E-state index in [1.807, 2.05) is 27.0 Å². The van der Waals surface area contributed by atoms with Crippen molar-refractivity contribution >= 4 is 35.0 Å². The summed E-state index contributed by atoms with van der Waals surface area (Å²) in [6, 6.07) is 13.0. The molecule has 0 N–H and O–H groups in total. The van der Waals surface area contributed by atoms with Gasteiger partial charge in [-0.1, -0.05) is 18.2 Å². The molecule has 2 aromatic rings. The number of ether oxygens (including phenoxy) is 3. The Labute approximate surface area is 192 Å². The molecule has 4 rings (SSSR count). The molecule has 0 spiro atoms. The van der Waals surface area contributed by atoms with E-state index in [0.717, 1.165) is 33.4 Å². The van der Waals surface area contributed by atoms with Gasteiger partial charge in [-0.3, -0.25) is 4.79 Å². The maximum Gasteiger partial charge on any atom is 0.310 e. The third-order valence-corrected chi connectivity index (χ3v) is 6.44. The van der Waals surface area contributed by atoms with Crippen LogP contribution in [0, 0.1) is 5.82 Å². The van der Waals surface area contributed by atoms with E-state index in [-0.39, 0.29) is 30.9 Å². The Morgan fingerprint density at radius 1 is 1.22 bits per heavy atom. The molecular formula is C26H27FO4S. The van der Waals surface area contributed by atoms with E-state index < -0.39 is 5.79 Å². The normalized spacial score (nSPS) is 20.7. The number of hydrogen-bond donors (Lipinski definition) is 0. The standard InChI is InChI=1S/C26H27FO4S/c1-16-22(11-17-5-8-20(32-4)9-6-17)21-10-7-18(27)12-24(21)23(16)13-25(28)29-14-19-15-30-26(2,3)31-19/h5-12,19H,13-15H2,1-4H3/b22-11-.